The number of carbonyl (C=O) groups excluding carboxylic acids is 1. The Morgan fingerprint density at radius 3 is 2.73 bits per heavy atom. The zero-order valence-electron chi connectivity index (χ0n) is 16.6. The minimum Gasteiger partial charge on any atom is -0.309 e. The van der Waals surface area contributed by atoms with Gasteiger partial charge in [-0.1, -0.05) is 12.1 Å². The molecule has 0 bridgehead atoms. The van der Waals surface area contributed by atoms with Crippen molar-refractivity contribution in [2.45, 2.75) is 27.2 Å². The number of aryl methyl sites for hydroxylation is 2. The number of H-pyrrole nitrogens is 1. The van der Waals surface area contributed by atoms with E-state index in [0.717, 1.165) is 21.7 Å². The lowest BCUT2D eigenvalue weighted by atomic mass is 10.1. The Kier molecular flexibility index (Phi) is 5.23. The van der Waals surface area contributed by atoms with Gasteiger partial charge in [0.05, 0.1) is 23.2 Å². The van der Waals surface area contributed by atoms with E-state index in [2.05, 4.69) is 30.6 Å². The molecule has 1 aromatic carbocycles. The maximum atomic E-state index is 12.3. The molecule has 9 nitrogen and oxygen atoms in total. The molecule has 152 valence electrons. The van der Waals surface area contributed by atoms with Crippen molar-refractivity contribution >= 4 is 33.2 Å². The predicted octanol–water partition coefficient (Wildman–Crippen LogP) is 2.27. The first kappa shape index (κ1) is 19.6. The van der Waals surface area contributed by atoms with Crippen molar-refractivity contribution in [3.63, 3.8) is 0 Å². The van der Waals surface area contributed by atoms with Gasteiger partial charge in [-0.25, -0.2) is 20.1 Å². The number of hydrogen-bond donors (Lipinski definition) is 2. The fourth-order valence-electron chi connectivity index (χ4n) is 2.98. The molecule has 4 rings (SSSR count). The van der Waals surface area contributed by atoms with E-state index in [0.29, 0.717) is 21.8 Å². The Morgan fingerprint density at radius 1 is 1.27 bits per heavy atom. The normalized spacial score (nSPS) is 11.8. The standard InChI is InChI=1S/C20H19N7O2S/c1-11-13(3)30-20-18(11)19(29)23-16(24-20)8-17(28)26-25-12(2)14-4-6-15(7-5-14)27-10-21-9-22-27/h4-7,9-10H,8H2,1-3H3,(H,26,28)(H,23,24,29)/b25-12+. The van der Waals surface area contributed by atoms with Crippen molar-refractivity contribution in [1.29, 1.82) is 0 Å². The first-order valence-corrected chi connectivity index (χ1v) is 10.0. The number of amides is 1. The first-order chi connectivity index (χ1) is 14.4. The molecular formula is C20H19N7O2S. The van der Waals surface area contributed by atoms with Crippen LogP contribution in [0.15, 0.2) is 46.8 Å². The molecule has 2 N–H and O–H groups in total. The van der Waals surface area contributed by atoms with Gasteiger partial charge in [0, 0.05) is 4.88 Å². The summed E-state index contributed by atoms with van der Waals surface area (Å²) in [5.74, 6) is -0.0441. The van der Waals surface area contributed by atoms with Crippen molar-refractivity contribution in [2.75, 3.05) is 0 Å². The van der Waals surface area contributed by atoms with E-state index >= 15 is 0 Å². The van der Waals surface area contributed by atoms with E-state index in [1.807, 2.05) is 38.1 Å². The second-order valence-electron chi connectivity index (χ2n) is 6.77. The number of hydrogen-bond acceptors (Lipinski definition) is 7. The van der Waals surface area contributed by atoms with Gasteiger partial charge in [-0.15, -0.1) is 11.3 Å². The number of thiophene rings is 1. The molecule has 4 aromatic rings. The van der Waals surface area contributed by atoms with Gasteiger partial charge in [-0.3, -0.25) is 9.59 Å². The monoisotopic (exact) mass is 421 g/mol. The molecule has 3 aromatic heterocycles. The van der Waals surface area contributed by atoms with Crippen LogP contribution >= 0.6 is 11.3 Å². The fourth-order valence-corrected chi connectivity index (χ4v) is 4.03. The molecule has 0 unspecified atom stereocenters. The van der Waals surface area contributed by atoms with Gasteiger partial charge in [0.1, 0.15) is 23.3 Å². The SMILES string of the molecule is C/C(=N\NC(=O)Cc1nc2sc(C)c(C)c2c(=O)[nH]1)c1ccc(-n2cncn2)cc1. The highest BCUT2D eigenvalue weighted by molar-refractivity contribution is 7.18. The van der Waals surface area contributed by atoms with E-state index in [1.54, 1.807) is 17.9 Å². The topological polar surface area (TPSA) is 118 Å². The van der Waals surface area contributed by atoms with Crippen LogP contribution in [0, 0.1) is 13.8 Å². The lowest BCUT2D eigenvalue weighted by Crippen LogP contribution is -2.24. The van der Waals surface area contributed by atoms with Gasteiger partial charge in [0.15, 0.2) is 0 Å². The van der Waals surface area contributed by atoms with Crippen LogP contribution in [0.4, 0.5) is 0 Å². The van der Waals surface area contributed by atoms with Gasteiger partial charge in [0.25, 0.3) is 5.56 Å². The lowest BCUT2D eigenvalue weighted by molar-refractivity contribution is -0.120. The van der Waals surface area contributed by atoms with Crippen LogP contribution in [0.1, 0.15) is 28.8 Å². The maximum Gasteiger partial charge on any atom is 0.259 e. The Bertz CT molecular complexity index is 1300. The molecule has 0 aliphatic carbocycles. The summed E-state index contributed by atoms with van der Waals surface area (Å²) >= 11 is 1.45. The summed E-state index contributed by atoms with van der Waals surface area (Å²) in [6.45, 7) is 5.64. The molecule has 0 aliphatic heterocycles. The lowest BCUT2D eigenvalue weighted by Gasteiger charge is -2.05. The second kappa shape index (κ2) is 7.99. The van der Waals surface area contributed by atoms with Gasteiger partial charge in [-0.2, -0.15) is 10.2 Å². The minimum absolute atomic E-state index is 0.0663. The van der Waals surface area contributed by atoms with Crippen molar-refractivity contribution in [1.82, 2.24) is 30.2 Å². The molecule has 30 heavy (non-hydrogen) atoms. The van der Waals surface area contributed by atoms with Crippen LogP contribution in [0.2, 0.25) is 0 Å². The van der Waals surface area contributed by atoms with E-state index in [4.69, 9.17) is 0 Å². The number of nitrogens with zero attached hydrogens (tertiary/aromatic N) is 5. The highest BCUT2D eigenvalue weighted by Crippen LogP contribution is 2.25. The summed E-state index contributed by atoms with van der Waals surface area (Å²) in [4.78, 5) is 37.3. The molecule has 0 aliphatic rings. The van der Waals surface area contributed by atoms with E-state index in [-0.39, 0.29) is 17.9 Å². The van der Waals surface area contributed by atoms with Gasteiger partial charge in [0.2, 0.25) is 5.91 Å². The van der Waals surface area contributed by atoms with Crippen LogP contribution in [0.5, 0.6) is 0 Å². The Labute approximate surface area is 175 Å². The number of aromatic nitrogens is 5. The fraction of sp³-hybridized carbons (Fsp3) is 0.200. The number of nitrogens with one attached hydrogen (secondary N) is 2. The average molecular weight is 421 g/mol. The molecule has 0 radical (unpaired) electrons. The molecular weight excluding hydrogens is 402 g/mol. The minimum atomic E-state index is -0.360. The zero-order chi connectivity index (χ0) is 21.3. The third-order valence-corrected chi connectivity index (χ3v) is 5.83. The average Bonchev–Trinajstić information content (AvgIpc) is 3.35. The summed E-state index contributed by atoms with van der Waals surface area (Å²) < 4.78 is 1.65. The van der Waals surface area contributed by atoms with Crippen LogP contribution in [-0.2, 0) is 11.2 Å². The molecule has 0 saturated carbocycles. The quantitative estimate of drug-likeness (QED) is 0.379. The Hall–Kier alpha value is -3.66. The summed E-state index contributed by atoms with van der Waals surface area (Å²) in [5.41, 5.74) is 5.60. The van der Waals surface area contributed by atoms with Crippen molar-refractivity contribution in [3.8, 4) is 5.69 Å². The third-order valence-electron chi connectivity index (χ3n) is 4.73. The summed E-state index contributed by atoms with van der Waals surface area (Å²) in [6, 6.07) is 7.55. The zero-order valence-corrected chi connectivity index (χ0v) is 17.4. The Balaban J connectivity index is 1.44. The number of fused-ring (bicyclic) bond motifs is 1. The smallest absolute Gasteiger partial charge is 0.259 e. The number of carbonyl (C=O) groups is 1. The molecule has 0 spiro atoms. The largest absolute Gasteiger partial charge is 0.309 e. The van der Waals surface area contributed by atoms with Gasteiger partial charge < -0.3 is 4.98 Å². The number of rotatable bonds is 5. The molecule has 10 heteroatoms. The summed E-state index contributed by atoms with van der Waals surface area (Å²) in [6.07, 6.45) is 3.02. The third kappa shape index (κ3) is 3.90. The molecule has 0 saturated heterocycles. The highest BCUT2D eigenvalue weighted by Gasteiger charge is 2.13. The molecule has 1 amide bonds. The van der Waals surface area contributed by atoms with E-state index in [9.17, 15) is 9.59 Å². The van der Waals surface area contributed by atoms with Crippen LogP contribution in [-0.4, -0.2) is 36.4 Å². The molecule has 0 fully saturated rings. The maximum absolute atomic E-state index is 12.3. The summed E-state index contributed by atoms with van der Waals surface area (Å²) in [7, 11) is 0. The van der Waals surface area contributed by atoms with Crippen molar-refractivity contribution < 1.29 is 4.79 Å². The molecule has 3 heterocycles. The summed E-state index contributed by atoms with van der Waals surface area (Å²) in [5, 5.41) is 8.82. The van der Waals surface area contributed by atoms with Crippen LogP contribution in [0.3, 0.4) is 0 Å². The van der Waals surface area contributed by atoms with Crippen molar-refractivity contribution in [3.05, 3.63) is 69.1 Å². The number of benzene rings is 1. The number of hydrazone groups is 1. The first-order valence-electron chi connectivity index (χ1n) is 9.20. The van der Waals surface area contributed by atoms with E-state index < -0.39 is 0 Å². The van der Waals surface area contributed by atoms with Crippen molar-refractivity contribution in [2.24, 2.45) is 5.10 Å². The highest BCUT2D eigenvalue weighted by atomic mass is 32.1. The van der Waals surface area contributed by atoms with Crippen LogP contribution < -0.4 is 11.0 Å². The van der Waals surface area contributed by atoms with Gasteiger partial charge in [-0.05, 0) is 44.0 Å². The number of aromatic amines is 1. The van der Waals surface area contributed by atoms with Crippen LogP contribution in [0.25, 0.3) is 15.9 Å². The molecule has 0 atom stereocenters. The van der Waals surface area contributed by atoms with Gasteiger partial charge >= 0.3 is 0 Å². The predicted molar refractivity (Wildman–Crippen MR) is 115 cm³/mol. The second-order valence-corrected chi connectivity index (χ2v) is 7.98. The van der Waals surface area contributed by atoms with E-state index in [1.165, 1.54) is 17.7 Å². The Morgan fingerprint density at radius 2 is 2.03 bits per heavy atom.